The summed E-state index contributed by atoms with van der Waals surface area (Å²) in [5.74, 6) is -1.06. The molecule has 2 rings (SSSR count). The van der Waals surface area contributed by atoms with Crippen LogP contribution in [0.2, 0.25) is 0 Å². The fourth-order valence-electron chi connectivity index (χ4n) is 2.13. The molecule has 0 aromatic heterocycles. The van der Waals surface area contributed by atoms with Crippen LogP contribution in [0.25, 0.3) is 0 Å². The minimum atomic E-state index is -0.649. The van der Waals surface area contributed by atoms with Crippen LogP contribution in [0.5, 0.6) is 5.75 Å². The lowest BCUT2D eigenvalue weighted by atomic mass is 10.1. The van der Waals surface area contributed by atoms with Gasteiger partial charge in [0.2, 0.25) is 17.7 Å². The van der Waals surface area contributed by atoms with E-state index in [1.165, 1.54) is 4.90 Å². The second-order valence-corrected chi connectivity index (χ2v) is 4.74. The first kappa shape index (κ1) is 14.0. The van der Waals surface area contributed by atoms with E-state index in [1.807, 2.05) is 0 Å². The molecule has 1 heterocycles. The van der Waals surface area contributed by atoms with Crippen LogP contribution in [-0.2, 0) is 20.8 Å². The van der Waals surface area contributed by atoms with Gasteiger partial charge in [-0.2, -0.15) is 0 Å². The van der Waals surface area contributed by atoms with Crippen LogP contribution in [0.15, 0.2) is 24.3 Å². The SMILES string of the molecule is CC1C(=O)NC(=O)CN1C(=O)CCc1ccccc1O. The number of rotatable bonds is 3. The van der Waals surface area contributed by atoms with Gasteiger partial charge in [-0.1, -0.05) is 18.2 Å². The number of carbonyl (C=O) groups excluding carboxylic acids is 3. The average Bonchev–Trinajstić information content (AvgIpc) is 2.41. The molecule has 1 fully saturated rings. The summed E-state index contributed by atoms with van der Waals surface area (Å²) in [6, 6.07) is 6.13. The molecule has 1 aliphatic heterocycles. The molecule has 1 aromatic carbocycles. The normalized spacial score (nSPS) is 18.9. The molecule has 106 valence electrons. The third-order valence-corrected chi connectivity index (χ3v) is 3.34. The van der Waals surface area contributed by atoms with Crippen molar-refractivity contribution in [3.63, 3.8) is 0 Å². The predicted octanol–water partition coefficient (Wildman–Crippen LogP) is 0.198. The number of para-hydroxylation sites is 1. The predicted molar refractivity (Wildman–Crippen MR) is 70.8 cm³/mol. The van der Waals surface area contributed by atoms with Crippen molar-refractivity contribution in [2.75, 3.05) is 6.54 Å². The van der Waals surface area contributed by atoms with Crippen LogP contribution in [0, 0.1) is 0 Å². The van der Waals surface area contributed by atoms with Crippen molar-refractivity contribution in [2.45, 2.75) is 25.8 Å². The minimum absolute atomic E-state index is 0.105. The fourth-order valence-corrected chi connectivity index (χ4v) is 2.13. The zero-order valence-electron chi connectivity index (χ0n) is 11.1. The first-order valence-corrected chi connectivity index (χ1v) is 6.39. The number of benzene rings is 1. The molecule has 1 aromatic rings. The number of hydrogen-bond donors (Lipinski definition) is 2. The number of amides is 3. The van der Waals surface area contributed by atoms with Gasteiger partial charge in [-0.05, 0) is 25.0 Å². The van der Waals surface area contributed by atoms with Crippen LogP contribution in [0.4, 0.5) is 0 Å². The number of phenolic OH excluding ortho intramolecular Hbond substituents is 1. The first-order valence-electron chi connectivity index (χ1n) is 6.39. The number of nitrogens with one attached hydrogen (secondary N) is 1. The van der Waals surface area contributed by atoms with Crippen LogP contribution < -0.4 is 5.32 Å². The molecule has 2 N–H and O–H groups in total. The summed E-state index contributed by atoms with van der Waals surface area (Å²) in [5, 5.41) is 11.8. The Kier molecular flexibility index (Phi) is 4.02. The Balaban J connectivity index is 1.99. The molecule has 0 bridgehead atoms. The number of nitrogens with zero attached hydrogens (tertiary/aromatic N) is 1. The van der Waals surface area contributed by atoms with Crippen LogP contribution in [0.1, 0.15) is 18.9 Å². The van der Waals surface area contributed by atoms with E-state index in [0.717, 1.165) is 0 Å². The Morgan fingerprint density at radius 2 is 2.10 bits per heavy atom. The molecule has 20 heavy (non-hydrogen) atoms. The molecule has 1 saturated heterocycles. The Hall–Kier alpha value is -2.37. The fraction of sp³-hybridized carbons (Fsp3) is 0.357. The highest BCUT2D eigenvalue weighted by molar-refractivity contribution is 6.04. The maximum absolute atomic E-state index is 12.1. The number of aromatic hydroxyl groups is 1. The topological polar surface area (TPSA) is 86.7 Å². The summed E-state index contributed by atoms with van der Waals surface area (Å²) in [5.41, 5.74) is 0.668. The monoisotopic (exact) mass is 276 g/mol. The number of carbonyl (C=O) groups is 3. The summed E-state index contributed by atoms with van der Waals surface area (Å²) in [4.78, 5) is 36.1. The summed E-state index contributed by atoms with van der Waals surface area (Å²) < 4.78 is 0. The molecule has 0 aliphatic carbocycles. The molecule has 3 amide bonds. The van der Waals surface area contributed by atoms with Crippen molar-refractivity contribution >= 4 is 17.7 Å². The average molecular weight is 276 g/mol. The van der Waals surface area contributed by atoms with Gasteiger partial charge >= 0.3 is 0 Å². The first-order chi connectivity index (χ1) is 9.49. The number of imide groups is 1. The van der Waals surface area contributed by atoms with E-state index < -0.39 is 17.9 Å². The van der Waals surface area contributed by atoms with E-state index in [2.05, 4.69) is 5.32 Å². The van der Waals surface area contributed by atoms with Gasteiger partial charge in [0, 0.05) is 6.42 Å². The molecular weight excluding hydrogens is 260 g/mol. The molecule has 1 unspecified atom stereocenters. The smallest absolute Gasteiger partial charge is 0.249 e. The summed E-state index contributed by atoms with van der Waals surface area (Å²) in [6.45, 7) is 1.48. The zero-order valence-corrected chi connectivity index (χ0v) is 11.1. The van der Waals surface area contributed by atoms with Gasteiger partial charge in [0.25, 0.3) is 0 Å². The van der Waals surface area contributed by atoms with Crippen molar-refractivity contribution in [1.29, 1.82) is 0 Å². The summed E-state index contributed by atoms with van der Waals surface area (Å²) in [6.07, 6.45) is 0.507. The quantitative estimate of drug-likeness (QED) is 0.772. The van der Waals surface area contributed by atoms with E-state index in [1.54, 1.807) is 31.2 Å². The van der Waals surface area contributed by atoms with Gasteiger partial charge in [-0.25, -0.2) is 0 Å². The number of aryl methyl sites for hydroxylation is 1. The van der Waals surface area contributed by atoms with Crippen LogP contribution in [0.3, 0.4) is 0 Å². The molecule has 0 radical (unpaired) electrons. The number of phenols is 1. The Labute approximate surface area is 116 Å². The highest BCUT2D eigenvalue weighted by Gasteiger charge is 2.33. The van der Waals surface area contributed by atoms with Gasteiger partial charge in [-0.15, -0.1) is 0 Å². The van der Waals surface area contributed by atoms with E-state index >= 15 is 0 Å². The Morgan fingerprint density at radius 1 is 1.40 bits per heavy atom. The van der Waals surface area contributed by atoms with Gasteiger partial charge in [0.05, 0.1) is 0 Å². The van der Waals surface area contributed by atoms with E-state index in [0.29, 0.717) is 12.0 Å². The van der Waals surface area contributed by atoms with Crippen LogP contribution in [-0.4, -0.2) is 40.3 Å². The largest absolute Gasteiger partial charge is 0.508 e. The third-order valence-electron chi connectivity index (χ3n) is 3.34. The molecule has 6 nitrogen and oxygen atoms in total. The highest BCUT2D eigenvalue weighted by atomic mass is 16.3. The van der Waals surface area contributed by atoms with Gasteiger partial charge in [-0.3, -0.25) is 19.7 Å². The standard InChI is InChI=1S/C14H16N2O4/c1-9-14(20)15-12(18)8-16(9)13(19)7-6-10-4-2-3-5-11(10)17/h2-5,9,17H,6-8H2,1H3,(H,15,18,20). The number of piperazine rings is 1. The molecular formula is C14H16N2O4. The highest BCUT2D eigenvalue weighted by Crippen LogP contribution is 2.18. The van der Waals surface area contributed by atoms with Crippen molar-refractivity contribution in [1.82, 2.24) is 10.2 Å². The lowest BCUT2D eigenvalue weighted by Crippen LogP contribution is -2.58. The lowest BCUT2D eigenvalue weighted by molar-refractivity contribution is -0.149. The Morgan fingerprint density at radius 3 is 2.80 bits per heavy atom. The van der Waals surface area contributed by atoms with Crippen molar-refractivity contribution in [3.05, 3.63) is 29.8 Å². The van der Waals surface area contributed by atoms with Gasteiger partial charge < -0.3 is 10.0 Å². The van der Waals surface area contributed by atoms with Crippen molar-refractivity contribution in [2.24, 2.45) is 0 Å². The number of hydrogen-bond acceptors (Lipinski definition) is 4. The van der Waals surface area contributed by atoms with Crippen molar-refractivity contribution < 1.29 is 19.5 Å². The maximum atomic E-state index is 12.1. The van der Waals surface area contributed by atoms with Gasteiger partial charge in [0.1, 0.15) is 18.3 Å². The molecule has 6 heteroatoms. The summed E-state index contributed by atoms with van der Waals surface area (Å²) in [7, 11) is 0. The minimum Gasteiger partial charge on any atom is -0.508 e. The molecule has 0 saturated carbocycles. The lowest BCUT2D eigenvalue weighted by Gasteiger charge is -2.31. The van der Waals surface area contributed by atoms with Gasteiger partial charge in [0.15, 0.2) is 0 Å². The second-order valence-electron chi connectivity index (χ2n) is 4.74. The second kappa shape index (κ2) is 5.73. The maximum Gasteiger partial charge on any atom is 0.249 e. The molecule has 0 spiro atoms. The Bertz CT molecular complexity index is 556. The third kappa shape index (κ3) is 2.96. The molecule has 1 aliphatic rings. The van der Waals surface area contributed by atoms with Crippen LogP contribution >= 0.6 is 0 Å². The summed E-state index contributed by atoms with van der Waals surface area (Å²) >= 11 is 0. The van der Waals surface area contributed by atoms with E-state index in [4.69, 9.17) is 0 Å². The van der Waals surface area contributed by atoms with Crippen molar-refractivity contribution in [3.8, 4) is 5.75 Å². The zero-order chi connectivity index (χ0) is 14.7. The van der Waals surface area contributed by atoms with E-state index in [9.17, 15) is 19.5 Å². The van der Waals surface area contributed by atoms with E-state index in [-0.39, 0.29) is 24.6 Å². The molecule has 1 atom stereocenters.